The minimum atomic E-state index is -0.486. The van der Waals surface area contributed by atoms with Gasteiger partial charge in [-0.05, 0) is 99.4 Å². The Morgan fingerprint density at radius 1 is 0.364 bits per heavy atom. The highest BCUT2D eigenvalue weighted by Gasteiger charge is 2.46. The number of aromatic nitrogens is 1. The van der Waals surface area contributed by atoms with Crippen LogP contribution in [0.15, 0.2) is 218 Å². The Morgan fingerprint density at radius 2 is 0.927 bits per heavy atom. The van der Waals surface area contributed by atoms with Crippen molar-refractivity contribution in [2.75, 3.05) is 4.90 Å². The molecule has 0 unspecified atom stereocenters. The van der Waals surface area contributed by atoms with Crippen molar-refractivity contribution in [2.24, 2.45) is 0 Å². The van der Waals surface area contributed by atoms with Crippen LogP contribution in [0, 0.1) is 0 Å². The fraction of sp³-hybridized carbons (Fsp3) is 0.0189. The van der Waals surface area contributed by atoms with Crippen LogP contribution in [0.4, 0.5) is 17.1 Å². The molecule has 1 aromatic heterocycles. The molecule has 11 rings (SSSR count). The van der Waals surface area contributed by atoms with Gasteiger partial charge in [0.1, 0.15) is 0 Å². The summed E-state index contributed by atoms with van der Waals surface area (Å²) in [6, 6.07) is 80.1. The molecule has 0 N–H and O–H groups in total. The maximum atomic E-state index is 2.48. The predicted octanol–water partition coefficient (Wildman–Crippen LogP) is 13.8. The van der Waals surface area contributed by atoms with E-state index < -0.39 is 5.41 Å². The third-order valence-electron chi connectivity index (χ3n) is 11.6. The first-order valence-electron chi connectivity index (χ1n) is 19.0. The van der Waals surface area contributed by atoms with Crippen molar-refractivity contribution in [1.82, 2.24) is 4.57 Å². The monoisotopic (exact) mass is 700 g/mol. The first-order chi connectivity index (χ1) is 27.3. The molecule has 0 saturated carbocycles. The molecule has 2 nitrogen and oxygen atoms in total. The Kier molecular flexibility index (Phi) is 7.11. The molecule has 1 aliphatic rings. The second-order valence-electron chi connectivity index (χ2n) is 14.5. The normalized spacial score (nSPS) is 12.9. The highest BCUT2D eigenvalue weighted by atomic mass is 15.1. The van der Waals surface area contributed by atoms with E-state index in [4.69, 9.17) is 0 Å². The number of fused-ring (bicyclic) bond motifs is 7. The summed E-state index contributed by atoms with van der Waals surface area (Å²) in [5, 5.41) is 4.87. The van der Waals surface area contributed by atoms with Crippen molar-refractivity contribution in [1.29, 1.82) is 0 Å². The van der Waals surface area contributed by atoms with Crippen molar-refractivity contribution in [3.8, 4) is 16.8 Å². The van der Waals surface area contributed by atoms with Crippen molar-refractivity contribution in [3.63, 3.8) is 0 Å². The Morgan fingerprint density at radius 3 is 1.65 bits per heavy atom. The van der Waals surface area contributed by atoms with Crippen LogP contribution in [0.25, 0.3) is 49.4 Å². The summed E-state index contributed by atoms with van der Waals surface area (Å²) in [6.45, 7) is 0. The van der Waals surface area contributed by atoms with Gasteiger partial charge in [0.15, 0.2) is 0 Å². The molecular formula is C53H36N2. The first-order valence-corrected chi connectivity index (χ1v) is 19.0. The Balaban J connectivity index is 1.23. The molecule has 0 aliphatic heterocycles. The van der Waals surface area contributed by atoms with Gasteiger partial charge in [0.25, 0.3) is 0 Å². The van der Waals surface area contributed by atoms with Crippen LogP contribution >= 0.6 is 0 Å². The van der Waals surface area contributed by atoms with Crippen molar-refractivity contribution in [2.45, 2.75) is 5.41 Å². The van der Waals surface area contributed by atoms with Gasteiger partial charge < -0.3 is 9.47 Å². The van der Waals surface area contributed by atoms with Gasteiger partial charge in [-0.15, -0.1) is 0 Å². The quantitative estimate of drug-likeness (QED) is 0.168. The van der Waals surface area contributed by atoms with Gasteiger partial charge in [-0.1, -0.05) is 158 Å². The van der Waals surface area contributed by atoms with E-state index in [0.29, 0.717) is 0 Å². The summed E-state index contributed by atoms with van der Waals surface area (Å²) in [7, 11) is 0. The molecule has 1 aliphatic carbocycles. The number of para-hydroxylation sites is 2. The van der Waals surface area contributed by atoms with Crippen LogP contribution in [-0.2, 0) is 5.41 Å². The van der Waals surface area contributed by atoms with Gasteiger partial charge in [-0.3, -0.25) is 0 Å². The molecule has 0 fully saturated rings. The lowest BCUT2D eigenvalue weighted by atomic mass is 9.67. The maximum Gasteiger partial charge on any atom is 0.0713 e. The second kappa shape index (κ2) is 12.5. The van der Waals surface area contributed by atoms with Gasteiger partial charge in [-0.25, -0.2) is 0 Å². The van der Waals surface area contributed by atoms with Gasteiger partial charge in [0, 0.05) is 33.2 Å². The lowest BCUT2D eigenvalue weighted by Gasteiger charge is -2.34. The van der Waals surface area contributed by atoms with Crippen LogP contribution in [0.1, 0.15) is 22.3 Å². The van der Waals surface area contributed by atoms with E-state index in [0.717, 1.165) is 22.7 Å². The van der Waals surface area contributed by atoms with E-state index >= 15 is 0 Å². The standard InChI is InChI=1S/C53H36N2/c1-4-19-38(20-5-1)53(48-28-14-12-26-44(48)45-27-13-15-29-49(45)53)39-31-33-51-46(35-39)47-36-42(32-34-52(47)55(51)41-23-8-3-9-24-41)54(40-21-6-2-7-22-40)50-30-16-18-37-17-10-11-25-43(37)50/h1-36H. The zero-order valence-electron chi connectivity index (χ0n) is 30.2. The average Bonchev–Trinajstić information content (AvgIpc) is 3.75. The zero-order valence-corrected chi connectivity index (χ0v) is 30.2. The summed E-state index contributed by atoms with van der Waals surface area (Å²) in [4.78, 5) is 2.41. The minimum Gasteiger partial charge on any atom is -0.310 e. The smallest absolute Gasteiger partial charge is 0.0713 e. The summed E-state index contributed by atoms with van der Waals surface area (Å²) in [5.74, 6) is 0. The molecule has 0 radical (unpaired) electrons. The molecule has 2 heteroatoms. The van der Waals surface area contributed by atoms with Crippen LogP contribution in [0.2, 0.25) is 0 Å². The number of hydrogen-bond donors (Lipinski definition) is 0. The number of anilines is 3. The summed E-state index contributed by atoms with van der Waals surface area (Å²) in [5.41, 5.74) is 14.2. The SMILES string of the molecule is c1ccc(N(c2ccc3c(c2)c2cc(C4(c5ccccc5)c5ccccc5-c5ccccc54)ccc2n3-c2ccccc2)c2cccc3ccccc23)cc1. The van der Waals surface area contributed by atoms with E-state index in [1.807, 2.05) is 0 Å². The average molecular weight is 701 g/mol. The van der Waals surface area contributed by atoms with Crippen molar-refractivity contribution >= 4 is 49.6 Å². The van der Waals surface area contributed by atoms with E-state index in [-0.39, 0.29) is 0 Å². The predicted molar refractivity (Wildman–Crippen MR) is 230 cm³/mol. The summed E-state index contributed by atoms with van der Waals surface area (Å²) < 4.78 is 2.43. The van der Waals surface area contributed by atoms with Gasteiger partial charge in [-0.2, -0.15) is 0 Å². The van der Waals surface area contributed by atoms with Crippen molar-refractivity contribution in [3.05, 3.63) is 241 Å². The van der Waals surface area contributed by atoms with E-state index in [9.17, 15) is 0 Å². The minimum absolute atomic E-state index is 0.486. The summed E-state index contributed by atoms with van der Waals surface area (Å²) >= 11 is 0. The molecule has 55 heavy (non-hydrogen) atoms. The number of rotatable bonds is 6. The van der Waals surface area contributed by atoms with E-state index in [1.165, 1.54) is 66.0 Å². The highest BCUT2D eigenvalue weighted by molar-refractivity contribution is 6.12. The Labute approximate surface area is 320 Å². The van der Waals surface area contributed by atoms with Crippen molar-refractivity contribution < 1.29 is 0 Å². The molecule has 1 heterocycles. The number of benzene rings is 9. The Bertz CT molecular complexity index is 2980. The maximum absolute atomic E-state index is 2.48. The summed E-state index contributed by atoms with van der Waals surface area (Å²) in [6.07, 6.45) is 0. The molecule has 258 valence electrons. The third kappa shape index (κ3) is 4.68. The van der Waals surface area contributed by atoms with Crippen LogP contribution in [-0.4, -0.2) is 4.57 Å². The first kappa shape index (κ1) is 31.4. The molecule has 0 saturated heterocycles. The second-order valence-corrected chi connectivity index (χ2v) is 14.5. The molecule has 0 bridgehead atoms. The molecule has 0 amide bonds. The van der Waals surface area contributed by atoms with Crippen LogP contribution in [0.5, 0.6) is 0 Å². The fourth-order valence-electron chi connectivity index (χ4n) is 9.36. The van der Waals surface area contributed by atoms with E-state index in [2.05, 4.69) is 228 Å². The molecule has 9 aromatic carbocycles. The topological polar surface area (TPSA) is 8.17 Å². The lowest BCUT2D eigenvalue weighted by Crippen LogP contribution is -2.28. The largest absolute Gasteiger partial charge is 0.310 e. The third-order valence-corrected chi connectivity index (χ3v) is 11.6. The fourth-order valence-corrected chi connectivity index (χ4v) is 9.36. The van der Waals surface area contributed by atoms with E-state index in [1.54, 1.807) is 0 Å². The molecule has 10 aromatic rings. The molecule has 0 spiro atoms. The molecule has 0 atom stereocenters. The van der Waals surface area contributed by atoms with Crippen LogP contribution < -0.4 is 4.90 Å². The lowest BCUT2D eigenvalue weighted by molar-refractivity contribution is 0.770. The highest BCUT2D eigenvalue weighted by Crippen LogP contribution is 2.56. The zero-order chi connectivity index (χ0) is 36.3. The number of hydrogen-bond acceptors (Lipinski definition) is 1. The van der Waals surface area contributed by atoms with Crippen LogP contribution in [0.3, 0.4) is 0 Å². The van der Waals surface area contributed by atoms with Gasteiger partial charge in [0.05, 0.1) is 22.1 Å². The number of nitrogens with zero attached hydrogens (tertiary/aromatic N) is 2. The molecular weight excluding hydrogens is 665 g/mol. The van der Waals surface area contributed by atoms with Gasteiger partial charge >= 0.3 is 0 Å². The van der Waals surface area contributed by atoms with Gasteiger partial charge in [0.2, 0.25) is 0 Å². The Hall–Kier alpha value is -7.16.